The summed E-state index contributed by atoms with van der Waals surface area (Å²) in [6.45, 7) is 1.95. The number of aryl methyl sites for hydroxylation is 2. The first-order chi connectivity index (χ1) is 10.2. The van der Waals surface area contributed by atoms with Gasteiger partial charge in [-0.3, -0.25) is 0 Å². The van der Waals surface area contributed by atoms with E-state index in [9.17, 15) is 0 Å². The van der Waals surface area contributed by atoms with Gasteiger partial charge in [0.2, 0.25) is 5.89 Å². The highest BCUT2D eigenvalue weighted by atomic mass is 79.9. The van der Waals surface area contributed by atoms with Gasteiger partial charge < -0.3 is 9.15 Å². The predicted octanol–water partition coefficient (Wildman–Crippen LogP) is 4.00. The van der Waals surface area contributed by atoms with Crippen LogP contribution >= 0.6 is 15.9 Å². The van der Waals surface area contributed by atoms with Gasteiger partial charge >= 0.3 is 0 Å². The van der Waals surface area contributed by atoms with Crippen molar-refractivity contribution < 1.29 is 9.15 Å². The summed E-state index contributed by atoms with van der Waals surface area (Å²) in [7, 11) is 1.68. The van der Waals surface area contributed by atoms with E-state index >= 15 is 0 Å². The topological polar surface area (TPSA) is 35.3 Å². The van der Waals surface area contributed by atoms with Gasteiger partial charge in [-0.15, -0.1) is 0 Å². The Labute approximate surface area is 133 Å². The van der Waals surface area contributed by atoms with Crippen LogP contribution in [0.4, 0.5) is 0 Å². The zero-order chi connectivity index (χ0) is 15.1. The molecule has 21 heavy (non-hydrogen) atoms. The average Bonchev–Trinajstić information content (AvgIpc) is 2.90. The number of benzene rings is 1. The lowest BCUT2D eigenvalue weighted by Gasteiger charge is -2.06. The van der Waals surface area contributed by atoms with Crippen molar-refractivity contribution in [2.75, 3.05) is 12.4 Å². The molecule has 0 amide bonds. The Hall–Kier alpha value is -1.57. The quantitative estimate of drug-likeness (QED) is 0.605. The first-order valence-electron chi connectivity index (χ1n) is 6.83. The van der Waals surface area contributed by atoms with E-state index in [1.54, 1.807) is 7.11 Å². The van der Waals surface area contributed by atoms with Gasteiger partial charge in [0.1, 0.15) is 11.9 Å². The van der Waals surface area contributed by atoms with Crippen LogP contribution in [0, 0.1) is 18.8 Å². The van der Waals surface area contributed by atoms with Crippen LogP contribution in [0.5, 0.6) is 0 Å². The largest absolute Gasteiger partial charge is 0.441 e. The fraction of sp³-hybridized carbons (Fsp3) is 0.353. The highest BCUT2D eigenvalue weighted by Gasteiger charge is 2.13. The summed E-state index contributed by atoms with van der Waals surface area (Å²) < 4.78 is 11.1. The summed E-state index contributed by atoms with van der Waals surface area (Å²) >= 11 is 3.29. The maximum atomic E-state index is 5.75. The van der Waals surface area contributed by atoms with E-state index in [0.29, 0.717) is 11.2 Å². The molecule has 110 valence electrons. The van der Waals surface area contributed by atoms with Crippen LogP contribution in [0.3, 0.4) is 0 Å². The molecule has 0 aliphatic carbocycles. The van der Waals surface area contributed by atoms with Gasteiger partial charge in [-0.05, 0) is 31.9 Å². The van der Waals surface area contributed by atoms with Crippen LogP contribution in [0.1, 0.15) is 17.9 Å². The lowest BCUT2D eigenvalue weighted by atomic mass is 10.1. The number of hydrogen-bond acceptors (Lipinski definition) is 3. The van der Waals surface area contributed by atoms with Gasteiger partial charge in [-0.2, -0.15) is 0 Å². The SMILES string of the molecule is COC(C#CCBr)CCc1nc(-c2ccccc2)oc1C. The molecule has 0 N–H and O–H groups in total. The maximum absolute atomic E-state index is 5.75. The van der Waals surface area contributed by atoms with Crippen LogP contribution in [0.15, 0.2) is 34.7 Å². The molecule has 2 rings (SSSR count). The molecule has 0 aliphatic rings. The lowest BCUT2D eigenvalue weighted by molar-refractivity contribution is 0.141. The van der Waals surface area contributed by atoms with E-state index in [4.69, 9.17) is 9.15 Å². The number of hydrogen-bond donors (Lipinski definition) is 0. The number of nitrogens with zero attached hydrogens (tertiary/aromatic N) is 1. The minimum atomic E-state index is -0.0705. The molecule has 1 aromatic heterocycles. The predicted molar refractivity (Wildman–Crippen MR) is 87.4 cm³/mol. The van der Waals surface area contributed by atoms with Crippen LogP contribution in [-0.2, 0) is 11.2 Å². The third-order valence-corrected chi connectivity index (χ3v) is 3.45. The van der Waals surface area contributed by atoms with E-state index < -0.39 is 0 Å². The number of alkyl halides is 1. The zero-order valence-corrected chi connectivity index (χ0v) is 13.8. The van der Waals surface area contributed by atoms with Crippen molar-refractivity contribution in [1.82, 2.24) is 4.98 Å². The van der Waals surface area contributed by atoms with E-state index in [0.717, 1.165) is 29.9 Å². The summed E-state index contributed by atoms with van der Waals surface area (Å²) in [5.74, 6) is 7.58. The molecule has 0 aliphatic heterocycles. The number of halogens is 1. The van der Waals surface area contributed by atoms with Crippen molar-refractivity contribution in [3.63, 3.8) is 0 Å². The third-order valence-electron chi connectivity index (χ3n) is 3.17. The zero-order valence-electron chi connectivity index (χ0n) is 12.2. The Morgan fingerprint density at radius 2 is 2.10 bits per heavy atom. The molecule has 1 heterocycles. The second kappa shape index (κ2) is 8.02. The van der Waals surface area contributed by atoms with Crippen LogP contribution in [0.25, 0.3) is 11.5 Å². The Balaban J connectivity index is 2.06. The molecule has 0 bridgehead atoms. The fourth-order valence-corrected chi connectivity index (χ4v) is 2.20. The van der Waals surface area contributed by atoms with Crippen LogP contribution in [0.2, 0.25) is 0 Å². The monoisotopic (exact) mass is 347 g/mol. The minimum Gasteiger partial charge on any atom is -0.441 e. The number of methoxy groups -OCH3 is 1. The molecule has 2 aromatic rings. The molecule has 0 fully saturated rings. The minimum absolute atomic E-state index is 0.0705. The van der Waals surface area contributed by atoms with E-state index in [1.807, 2.05) is 37.3 Å². The van der Waals surface area contributed by atoms with Crippen molar-refractivity contribution in [2.24, 2.45) is 0 Å². The van der Waals surface area contributed by atoms with E-state index in [2.05, 4.69) is 32.8 Å². The Morgan fingerprint density at radius 3 is 2.76 bits per heavy atom. The van der Waals surface area contributed by atoms with Crippen molar-refractivity contribution in [3.8, 4) is 23.3 Å². The Morgan fingerprint density at radius 1 is 1.33 bits per heavy atom. The molecule has 4 heteroatoms. The van der Waals surface area contributed by atoms with Gasteiger partial charge in [0.15, 0.2) is 0 Å². The average molecular weight is 348 g/mol. The highest BCUT2D eigenvalue weighted by Crippen LogP contribution is 2.22. The molecule has 1 unspecified atom stereocenters. The van der Waals surface area contributed by atoms with Crippen molar-refractivity contribution in [3.05, 3.63) is 41.8 Å². The van der Waals surface area contributed by atoms with E-state index in [1.165, 1.54) is 0 Å². The van der Waals surface area contributed by atoms with Gasteiger partial charge in [0, 0.05) is 12.7 Å². The van der Waals surface area contributed by atoms with Crippen LogP contribution in [-0.4, -0.2) is 23.5 Å². The molecule has 0 spiro atoms. The van der Waals surface area contributed by atoms with E-state index in [-0.39, 0.29) is 6.10 Å². The number of oxazole rings is 1. The maximum Gasteiger partial charge on any atom is 0.226 e. The molecular formula is C17H18BrNO2. The normalized spacial score (nSPS) is 11.8. The molecule has 0 radical (unpaired) electrons. The molecule has 0 saturated heterocycles. The first kappa shape index (κ1) is 15.8. The van der Waals surface area contributed by atoms with Crippen LogP contribution < -0.4 is 0 Å². The smallest absolute Gasteiger partial charge is 0.226 e. The van der Waals surface area contributed by atoms with Crippen molar-refractivity contribution >= 4 is 15.9 Å². The van der Waals surface area contributed by atoms with Gasteiger partial charge in [0.25, 0.3) is 0 Å². The number of aromatic nitrogens is 1. The second-order valence-corrected chi connectivity index (χ2v) is 5.17. The van der Waals surface area contributed by atoms with Gasteiger partial charge in [-0.25, -0.2) is 4.98 Å². The summed E-state index contributed by atoms with van der Waals surface area (Å²) in [4.78, 5) is 4.59. The first-order valence-corrected chi connectivity index (χ1v) is 7.95. The number of ether oxygens (including phenoxy) is 1. The lowest BCUT2D eigenvalue weighted by Crippen LogP contribution is -2.09. The summed E-state index contributed by atoms with van der Waals surface area (Å²) in [6, 6.07) is 9.92. The van der Waals surface area contributed by atoms with Gasteiger partial charge in [0.05, 0.1) is 11.0 Å². The Bertz CT molecular complexity index is 625. The molecule has 3 nitrogen and oxygen atoms in total. The fourth-order valence-electron chi connectivity index (χ4n) is 2.03. The third kappa shape index (κ3) is 4.45. The summed E-state index contributed by atoms with van der Waals surface area (Å²) in [6.07, 6.45) is 1.52. The molecule has 0 saturated carbocycles. The van der Waals surface area contributed by atoms with Crippen molar-refractivity contribution in [2.45, 2.75) is 25.9 Å². The molecule has 1 atom stereocenters. The second-order valence-electron chi connectivity index (χ2n) is 4.61. The van der Waals surface area contributed by atoms with Gasteiger partial charge in [-0.1, -0.05) is 46.0 Å². The summed E-state index contributed by atoms with van der Waals surface area (Å²) in [5.41, 5.74) is 1.96. The Kier molecular flexibility index (Phi) is 6.04. The number of rotatable bonds is 5. The molecule has 1 aromatic carbocycles. The summed E-state index contributed by atoms with van der Waals surface area (Å²) in [5, 5.41) is 0.661. The standard InChI is InChI=1S/C17H18BrNO2/c1-13-16(11-10-15(20-2)9-6-12-18)19-17(21-13)14-7-4-3-5-8-14/h3-5,7-8,15H,10-12H2,1-2H3. The highest BCUT2D eigenvalue weighted by molar-refractivity contribution is 9.09. The van der Waals surface area contributed by atoms with Crippen molar-refractivity contribution in [1.29, 1.82) is 0 Å². The molecular weight excluding hydrogens is 330 g/mol.